The van der Waals surface area contributed by atoms with Crippen molar-refractivity contribution in [3.63, 3.8) is 0 Å². The lowest BCUT2D eigenvalue weighted by atomic mass is 9.85. The molecule has 0 bridgehead atoms. The predicted octanol–water partition coefficient (Wildman–Crippen LogP) is 7.98. The van der Waals surface area contributed by atoms with Gasteiger partial charge in [-0.3, -0.25) is 14.9 Å². The number of nitrogens with one attached hydrogen (secondary N) is 2. The number of benzene rings is 3. The Morgan fingerprint density at radius 1 is 1.02 bits per heavy atom. The first-order chi connectivity index (χ1) is 20.6. The molecule has 5 aromatic rings. The van der Waals surface area contributed by atoms with Crippen LogP contribution < -0.4 is 15.4 Å². The number of halogens is 2. The minimum Gasteiger partial charge on any atom is -0.437 e. The van der Waals surface area contributed by atoms with Crippen molar-refractivity contribution in [3.8, 4) is 17.7 Å². The van der Waals surface area contributed by atoms with Gasteiger partial charge in [0.25, 0.3) is 5.91 Å². The first-order valence-corrected chi connectivity index (χ1v) is 14.1. The van der Waals surface area contributed by atoms with E-state index in [4.69, 9.17) is 16.3 Å². The van der Waals surface area contributed by atoms with E-state index < -0.39 is 17.1 Å². The van der Waals surface area contributed by atoms with Crippen LogP contribution in [0.15, 0.2) is 84.9 Å². The summed E-state index contributed by atoms with van der Waals surface area (Å²) in [6.07, 6.45) is 3.11. The molecule has 0 aliphatic rings. The van der Waals surface area contributed by atoms with Crippen LogP contribution in [-0.4, -0.2) is 21.8 Å². The fourth-order valence-corrected chi connectivity index (χ4v) is 4.94. The van der Waals surface area contributed by atoms with E-state index in [2.05, 4.69) is 26.7 Å². The third-order valence-electron chi connectivity index (χ3n) is 6.30. The zero-order valence-electron chi connectivity index (χ0n) is 22.9. The van der Waals surface area contributed by atoms with E-state index in [0.29, 0.717) is 21.0 Å². The molecule has 0 spiro atoms. The Labute approximate surface area is 255 Å². The number of anilines is 2. The van der Waals surface area contributed by atoms with Gasteiger partial charge in [-0.2, -0.15) is 5.26 Å². The first kappa shape index (κ1) is 29.4. The maximum atomic E-state index is 14.8. The van der Waals surface area contributed by atoms with Gasteiger partial charge in [0.1, 0.15) is 21.9 Å². The number of hydrogen-bond acceptors (Lipinski definition) is 7. The highest BCUT2D eigenvalue weighted by Gasteiger charge is 2.21. The molecule has 11 heteroatoms. The molecule has 5 rings (SSSR count). The smallest absolute Gasteiger partial charge is 0.255 e. The lowest BCUT2D eigenvalue weighted by Gasteiger charge is -2.17. The Balaban J connectivity index is 1.31. The second-order valence-electron chi connectivity index (χ2n) is 9.86. The summed E-state index contributed by atoms with van der Waals surface area (Å²) >= 11 is 7.40. The molecular weight excluding hydrogens is 589 g/mol. The average Bonchev–Trinajstić information content (AvgIpc) is 3.40. The standard InChI is InChI=1S/C32H23ClFN5O3S/c1-32(2,18-35)21-10-6-9-20(15-21)29(41)36-25-17-26(22(33)16-23(25)34)42-28-14-12-24-30(39-28)43-31(37-24)38-27(40)13-11-19-7-4-3-5-8-19/h3-17H,1-2H3,(H,36,41)(H,37,38,40). The summed E-state index contributed by atoms with van der Waals surface area (Å²) in [6, 6.07) is 23.7. The van der Waals surface area contributed by atoms with Crippen LogP contribution in [0.5, 0.6) is 11.6 Å². The molecule has 0 atom stereocenters. The van der Waals surface area contributed by atoms with Crippen molar-refractivity contribution in [3.05, 3.63) is 112 Å². The van der Waals surface area contributed by atoms with Gasteiger partial charge >= 0.3 is 0 Å². The molecule has 43 heavy (non-hydrogen) atoms. The fraction of sp³-hybridized carbons (Fsp3) is 0.0938. The average molecular weight is 612 g/mol. The molecule has 0 saturated heterocycles. The van der Waals surface area contributed by atoms with Gasteiger partial charge < -0.3 is 10.1 Å². The van der Waals surface area contributed by atoms with Gasteiger partial charge in [0, 0.05) is 23.8 Å². The lowest BCUT2D eigenvalue weighted by Crippen LogP contribution is -2.17. The SMILES string of the molecule is CC(C)(C#N)c1cccc(C(=O)Nc2cc(Oc3ccc4nc(NC(=O)C=Cc5ccccc5)sc4n3)c(Cl)cc2F)c1. The number of hydrogen-bond donors (Lipinski definition) is 2. The summed E-state index contributed by atoms with van der Waals surface area (Å²) in [5.41, 5.74) is 1.39. The molecule has 3 aromatic carbocycles. The number of carbonyl (C=O) groups excluding carboxylic acids is 2. The number of nitrogens with zero attached hydrogens (tertiary/aromatic N) is 3. The highest BCUT2D eigenvalue weighted by atomic mass is 35.5. The molecule has 2 amide bonds. The molecule has 0 radical (unpaired) electrons. The van der Waals surface area contributed by atoms with Crippen molar-refractivity contribution in [2.75, 3.05) is 10.6 Å². The van der Waals surface area contributed by atoms with E-state index >= 15 is 0 Å². The van der Waals surface area contributed by atoms with Crippen molar-refractivity contribution in [1.82, 2.24) is 9.97 Å². The topological polar surface area (TPSA) is 117 Å². The zero-order valence-corrected chi connectivity index (χ0v) is 24.5. The summed E-state index contributed by atoms with van der Waals surface area (Å²) < 4.78 is 20.6. The molecule has 2 aromatic heterocycles. The van der Waals surface area contributed by atoms with E-state index in [1.54, 1.807) is 56.3 Å². The van der Waals surface area contributed by atoms with Gasteiger partial charge in [-0.15, -0.1) is 0 Å². The van der Waals surface area contributed by atoms with Crippen molar-refractivity contribution >= 4 is 62.0 Å². The minimum absolute atomic E-state index is 0.0300. The van der Waals surface area contributed by atoms with Gasteiger partial charge in [-0.1, -0.05) is 65.4 Å². The Hall–Kier alpha value is -5.11. The zero-order chi connectivity index (χ0) is 30.6. The van der Waals surface area contributed by atoms with Crippen LogP contribution >= 0.6 is 22.9 Å². The lowest BCUT2D eigenvalue weighted by molar-refractivity contribution is -0.111. The van der Waals surface area contributed by atoms with E-state index in [9.17, 15) is 19.2 Å². The van der Waals surface area contributed by atoms with Crippen molar-refractivity contribution in [2.45, 2.75) is 19.3 Å². The van der Waals surface area contributed by atoms with Crippen LogP contribution in [0.25, 0.3) is 16.4 Å². The summed E-state index contributed by atoms with van der Waals surface area (Å²) in [6.45, 7) is 3.48. The second kappa shape index (κ2) is 12.4. The Morgan fingerprint density at radius 3 is 2.58 bits per heavy atom. The summed E-state index contributed by atoms with van der Waals surface area (Å²) in [5.74, 6) is -1.46. The van der Waals surface area contributed by atoms with Crippen LogP contribution in [-0.2, 0) is 10.2 Å². The van der Waals surface area contributed by atoms with Crippen molar-refractivity contribution in [1.29, 1.82) is 5.26 Å². The van der Waals surface area contributed by atoms with E-state index in [1.165, 1.54) is 12.1 Å². The second-order valence-corrected chi connectivity index (χ2v) is 11.2. The normalized spacial score (nSPS) is 11.3. The number of aromatic nitrogens is 2. The summed E-state index contributed by atoms with van der Waals surface area (Å²) in [4.78, 5) is 34.6. The largest absolute Gasteiger partial charge is 0.437 e. The molecule has 0 aliphatic carbocycles. The van der Waals surface area contributed by atoms with Crippen LogP contribution in [0, 0.1) is 17.1 Å². The van der Waals surface area contributed by atoms with Gasteiger partial charge in [-0.25, -0.2) is 14.4 Å². The third kappa shape index (κ3) is 7.04. The quantitative estimate of drug-likeness (QED) is 0.172. The third-order valence-corrected chi connectivity index (χ3v) is 7.47. The predicted molar refractivity (Wildman–Crippen MR) is 166 cm³/mol. The maximum absolute atomic E-state index is 14.8. The number of ether oxygens (including phenoxy) is 1. The summed E-state index contributed by atoms with van der Waals surface area (Å²) in [7, 11) is 0. The number of rotatable bonds is 8. The highest BCUT2D eigenvalue weighted by molar-refractivity contribution is 7.22. The minimum atomic E-state index is -0.805. The van der Waals surface area contributed by atoms with Crippen LogP contribution in [0.3, 0.4) is 0 Å². The molecular formula is C32H23ClFN5O3S. The fourth-order valence-electron chi connectivity index (χ4n) is 3.92. The Morgan fingerprint density at radius 2 is 1.81 bits per heavy atom. The number of amides is 2. The van der Waals surface area contributed by atoms with E-state index in [-0.39, 0.29) is 33.8 Å². The molecule has 0 aliphatic heterocycles. The number of fused-ring (bicyclic) bond motifs is 1. The molecule has 2 heterocycles. The van der Waals surface area contributed by atoms with Gasteiger partial charge in [0.15, 0.2) is 5.13 Å². The first-order valence-electron chi connectivity index (χ1n) is 12.9. The number of thiazole rings is 1. The van der Waals surface area contributed by atoms with Crippen LogP contribution in [0.1, 0.15) is 35.3 Å². The van der Waals surface area contributed by atoms with Gasteiger partial charge in [0.2, 0.25) is 11.8 Å². The van der Waals surface area contributed by atoms with Gasteiger partial charge in [0.05, 0.1) is 22.2 Å². The molecule has 0 fully saturated rings. The number of pyridine rings is 1. The Bertz CT molecular complexity index is 1920. The van der Waals surface area contributed by atoms with Crippen molar-refractivity contribution < 1.29 is 18.7 Å². The molecule has 8 nitrogen and oxygen atoms in total. The number of carbonyl (C=O) groups is 2. The molecule has 0 saturated carbocycles. The van der Waals surface area contributed by atoms with Crippen molar-refractivity contribution in [2.24, 2.45) is 0 Å². The molecule has 0 unspecified atom stereocenters. The molecule has 214 valence electrons. The highest BCUT2D eigenvalue weighted by Crippen LogP contribution is 2.35. The van der Waals surface area contributed by atoms with Gasteiger partial charge in [-0.05, 0) is 55.3 Å². The van der Waals surface area contributed by atoms with E-state index in [0.717, 1.165) is 23.0 Å². The van der Waals surface area contributed by atoms with E-state index in [1.807, 2.05) is 30.3 Å². The van der Waals surface area contributed by atoms with Crippen LogP contribution in [0.4, 0.5) is 15.2 Å². The maximum Gasteiger partial charge on any atom is 0.255 e. The number of nitriles is 1. The Kier molecular flexibility index (Phi) is 8.48. The monoisotopic (exact) mass is 611 g/mol. The summed E-state index contributed by atoms with van der Waals surface area (Å²) in [5, 5.41) is 15.0. The molecule has 2 N–H and O–H groups in total. The van der Waals surface area contributed by atoms with Crippen LogP contribution in [0.2, 0.25) is 5.02 Å².